The summed E-state index contributed by atoms with van der Waals surface area (Å²) in [6.07, 6.45) is 0.553. The van der Waals surface area contributed by atoms with Crippen molar-refractivity contribution in [1.29, 1.82) is 0 Å². The first kappa shape index (κ1) is 24.6. The first-order chi connectivity index (χ1) is 14.4. The van der Waals surface area contributed by atoms with Crippen molar-refractivity contribution in [3.05, 3.63) is 69.2 Å². The van der Waals surface area contributed by atoms with E-state index in [4.69, 9.17) is 23.2 Å². The SMILES string of the molecule is CCNC(=O)C(CC)N(Cc1ccccc1C)C(=O)CSCc1ccc(Cl)cc1Cl. The van der Waals surface area contributed by atoms with Gasteiger partial charge in [0.25, 0.3) is 0 Å². The summed E-state index contributed by atoms with van der Waals surface area (Å²) in [5.41, 5.74) is 3.07. The Hall–Kier alpha value is -1.69. The summed E-state index contributed by atoms with van der Waals surface area (Å²) in [6.45, 7) is 6.76. The molecule has 0 spiro atoms. The maximum atomic E-state index is 13.2. The highest BCUT2D eigenvalue weighted by molar-refractivity contribution is 7.99. The normalized spacial score (nSPS) is 11.8. The molecule has 1 atom stereocenters. The van der Waals surface area contributed by atoms with Gasteiger partial charge in [-0.15, -0.1) is 11.8 Å². The monoisotopic (exact) mass is 466 g/mol. The van der Waals surface area contributed by atoms with E-state index in [1.165, 1.54) is 11.8 Å². The van der Waals surface area contributed by atoms with Crippen LogP contribution in [0.15, 0.2) is 42.5 Å². The van der Waals surface area contributed by atoms with Gasteiger partial charge >= 0.3 is 0 Å². The summed E-state index contributed by atoms with van der Waals surface area (Å²) in [5.74, 6) is 0.678. The summed E-state index contributed by atoms with van der Waals surface area (Å²) < 4.78 is 0. The second kappa shape index (κ2) is 12.2. The van der Waals surface area contributed by atoms with E-state index >= 15 is 0 Å². The van der Waals surface area contributed by atoms with E-state index in [-0.39, 0.29) is 17.6 Å². The van der Waals surface area contributed by atoms with Crippen LogP contribution in [0.3, 0.4) is 0 Å². The summed E-state index contributed by atoms with van der Waals surface area (Å²) in [6, 6.07) is 12.8. The average molecular weight is 467 g/mol. The average Bonchev–Trinajstić information content (AvgIpc) is 2.71. The molecule has 2 aromatic rings. The number of benzene rings is 2. The first-order valence-electron chi connectivity index (χ1n) is 10.0. The van der Waals surface area contributed by atoms with Gasteiger partial charge < -0.3 is 10.2 Å². The predicted octanol–water partition coefficient (Wildman–Crippen LogP) is 5.48. The van der Waals surface area contributed by atoms with Crippen LogP contribution in [0.1, 0.15) is 37.0 Å². The van der Waals surface area contributed by atoms with Crippen LogP contribution in [0, 0.1) is 6.92 Å². The van der Waals surface area contributed by atoms with Crippen LogP contribution in [-0.4, -0.2) is 35.1 Å². The number of aryl methyl sites for hydroxylation is 1. The lowest BCUT2D eigenvalue weighted by atomic mass is 10.1. The molecule has 2 rings (SSSR count). The minimum atomic E-state index is -0.503. The maximum Gasteiger partial charge on any atom is 0.242 e. The van der Waals surface area contributed by atoms with Crippen molar-refractivity contribution in [1.82, 2.24) is 10.2 Å². The number of hydrogen-bond donors (Lipinski definition) is 1. The van der Waals surface area contributed by atoms with Gasteiger partial charge in [0.2, 0.25) is 11.8 Å². The van der Waals surface area contributed by atoms with Gasteiger partial charge in [-0.2, -0.15) is 0 Å². The van der Waals surface area contributed by atoms with E-state index in [0.717, 1.165) is 16.7 Å². The zero-order chi connectivity index (χ0) is 22.1. The van der Waals surface area contributed by atoms with Crippen LogP contribution in [0.4, 0.5) is 0 Å². The minimum absolute atomic E-state index is 0.0635. The van der Waals surface area contributed by atoms with Gasteiger partial charge in [0.15, 0.2) is 0 Å². The van der Waals surface area contributed by atoms with Gasteiger partial charge in [-0.25, -0.2) is 0 Å². The zero-order valence-corrected chi connectivity index (χ0v) is 19.9. The summed E-state index contributed by atoms with van der Waals surface area (Å²) in [4.78, 5) is 27.5. The van der Waals surface area contributed by atoms with E-state index in [9.17, 15) is 9.59 Å². The second-order valence-electron chi connectivity index (χ2n) is 7.00. The molecule has 0 aliphatic carbocycles. The lowest BCUT2D eigenvalue weighted by Crippen LogP contribution is -2.49. The Morgan fingerprint density at radius 3 is 2.47 bits per heavy atom. The fraction of sp³-hybridized carbons (Fsp3) is 0.391. The molecular weight excluding hydrogens is 439 g/mol. The fourth-order valence-corrected chi connectivity index (χ4v) is 4.62. The molecule has 1 N–H and O–H groups in total. The molecule has 0 aliphatic heterocycles. The number of halogens is 2. The van der Waals surface area contributed by atoms with Crippen molar-refractivity contribution in [3.63, 3.8) is 0 Å². The summed E-state index contributed by atoms with van der Waals surface area (Å²) in [5, 5.41) is 4.03. The number of carbonyl (C=O) groups excluding carboxylic acids is 2. The number of rotatable bonds is 10. The third-order valence-electron chi connectivity index (χ3n) is 4.84. The standard InChI is InChI=1S/C23H28Cl2N2O2S/c1-4-21(23(29)26-5-2)27(13-17-9-7-6-8-16(17)3)22(28)15-30-14-18-10-11-19(24)12-20(18)25/h6-12,21H,4-5,13-15H2,1-3H3,(H,26,29). The van der Waals surface area contributed by atoms with Crippen molar-refractivity contribution < 1.29 is 9.59 Å². The van der Waals surface area contributed by atoms with Crippen LogP contribution in [0.25, 0.3) is 0 Å². The highest BCUT2D eigenvalue weighted by Crippen LogP contribution is 2.25. The number of nitrogens with one attached hydrogen (secondary N) is 1. The van der Waals surface area contributed by atoms with Crippen molar-refractivity contribution in [3.8, 4) is 0 Å². The summed E-state index contributed by atoms with van der Waals surface area (Å²) in [7, 11) is 0. The zero-order valence-electron chi connectivity index (χ0n) is 17.6. The number of hydrogen-bond acceptors (Lipinski definition) is 3. The van der Waals surface area contributed by atoms with Crippen molar-refractivity contribution in [2.45, 2.75) is 45.5 Å². The van der Waals surface area contributed by atoms with Crippen LogP contribution < -0.4 is 5.32 Å². The van der Waals surface area contributed by atoms with Gasteiger partial charge in [0.1, 0.15) is 6.04 Å². The molecule has 2 amide bonds. The van der Waals surface area contributed by atoms with Crippen LogP contribution in [0.2, 0.25) is 10.0 Å². The van der Waals surface area contributed by atoms with Gasteiger partial charge in [-0.3, -0.25) is 9.59 Å². The van der Waals surface area contributed by atoms with Crippen LogP contribution in [0.5, 0.6) is 0 Å². The van der Waals surface area contributed by atoms with E-state index < -0.39 is 6.04 Å². The Balaban J connectivity index is 2.14. The van der Waals surface area contributed by atoms with E-state index in [2.05, 4.69) is 5.32 Å². The largest absolute Gasteiger partial charge is 0.355 e. The van der Waals surface area contributed by atoms with Crippen LogP contribution >= 0.6 is 35.0 Å². The van der Waals surface area contributed by atoms with Gasteiger partial charge in [0, 0.05) is 28.9 Å². The highest BCUT2D eigenvalue weighted by atomic mass is 35.5. The molecule has 2 aromatic carbocycles. The van der Waals surface area contributed by atoms with Gasteiger partial charge in [0.05, 0.1) is 5.75 Å². The van der Waals surface area contributed by atoms with E-state index in [1.54, 1.807) is 17.0 Å². The van der Waals surface area contributed by atoms with Gasteiger partial charge in [-0.1, -0.05) is 60.5 Å². The molecule has 1 unspecified atom stereocenters. The Labute approximate surface area is 193 Å². The first-order valence-corrected chi connectivity index (χ1v) is 11.9. The predicted molar refractivity (Wildman–Crippen MR) is 127 cm³/mol. The molecule has 30 heavy (non-hydrogen) atoms. The molecular formula is C23H28Cl2N2O2S. The molecule has 0 saturated heterocycles. The molecule has 0 aromatic heterocycles. The number of likely N-dealkylation sites (N-methyl/N-ethyl adjacent to an activating group) is 1. The van der Waals surface area contributed by atoms with Gasteiger partial charge in [-0.05, 0) is 49.1 Å². The molecule has 0 radical (unpaired) electrons. The third-order valence-corrected chi connectivity index (χ3v) is 6.39. The van der Waals surface area contributed by atoms with Crippen LogP contribution in [-0.2, 0) is 21.9 Å². The molecule has 0 fully saturated rings. The lowest BCUT2D eigenvalue weighted by Gasteiger charge is -2.31. The smallest absolute Gasteiger partial charge is 0.242 e. The Kier molecular flexibility index (Phi) is 10.0. The maximum absolute atomic E-state index is 13.2. The van der Waals surface area contributed by atoms with Crippen molar-refractivity contribution in [2.24, 2.45) is 0 Å². The fourth-order valence-electron chi connectivity index (χ4n) is 3.15. The molecule has 0 heterocycles. The molecule has 0 saturated carbocycles. The quantitative estimate of drug-likeness (QED) is 0.504. The molecule has 4 nitrogen and oxygen atoms in total. The Morgan fingerprint density at radius 2 is 1.83 bits per heavy atom. The molecule has 162 valence electrons. The summed E-state index contributed by atoms with van der Waals surface area (Å²) >= 11 is 13.7. The van der Waals surface area contributed by atoms with Crippen molar-refractivity contribution >= 4 is 46.8 Å². The Morgan fingerprint density at radius 1 is 1.10 bits per heavy atom. The number of carbonyl (C=O) groups is 2. The number of amides is 2. The topological polar surface area (TPSA) is 49.4 Å². The lowest BCUT2D eigenvalue weighted by molar-refractivity contribution is -0.139. The molecule has 0 aliphatic rings. The molecule has 7 heteroatoms. The van der Waals surface area contributed by atoms with Crippen molar-refractivity contribution in [2.75, 3.05) is 12.3 Å². The number of thioether (sulfide) groups is 1. The molecule has 0 bridgehead atoms. The minimum Gasteiger partial charge on any atom is -0.355 e. The highest BCUT2D eigenvalue weighted by Gasteiger charge is 2.28. The third kappa shape index (κ3) is 6.93. The Bertz CT molecular complexity index is 876. The van der Waals surface area contributed by atoms with E-state index in [0.29, 0.717) is 35.3 Å². The second-order valence-corrected chi connectivity index (χ2v) is 8.82. The van der Waals surface area contributed by atoms with E-state index in [1.807, 2.05) is 51.1 Å². The number of nitrogens with zero attached hydrogens (tertiary/aromatic N) is 1.